The van der Waals surface area contributed by atoms with E-state index >= 15 is 0 Å². The van der Waals surface area contributed by atoms with Gasteiger partial charge < -0.3 is 14.5 Å². The zero-order chi connectivity index (χ0) is 12.3. The molecule has 1 unspecified atom stereocenters. The van der Waals surface area contributed by atoms with Crippen LogP contribution in [0, 0.1) is 0 Å². The number of hydrogen-bond donors (Lipinski definition) is 1. The lowest BCUT2D eigenvalue weighted by Crippen LogP contribution is -2.25. The van der Waals surface area contributed by atoms with Gasteiger partial charge in [-0.05, 0) is 22.4 Å². The molecular formula is C11H15BrN4O. The third-order valence-electron chi connectivity index (χ3n) is 2.55. The number of nitrogens with zero attached hydrogens (tertiary/aromatic N) is 3. The highest BCUT2D eigenvalue weighted by Gasteiger charge is 2.11. The molecule has 0 spiro atoms. The summed E-state index contributed by atoms with van der Waals surface area (Å²) in [5, 5.41) is 3.35. The summed E-state index contributed by atoms with van der Waals surface area (Å²) in [6.45, 7) is 2.76. The summed E-state index contributed by atoms with van der Waals surface area (Å²) in [5.41, 5.74) is 0.822. The molecule has 5 nitrogen and oxygen atoms in total. The van der Waals surface area contributed by atoms with Gasteiger partial charge in [-0.2, -0.15) is 0 Å². The van der Waals surface area contributed by atoms with Crippen LogP contribution < -0.4 is 5.32 Å². The van der Waals surface area contributed by atoms with E-state index in [1.165, 1.54) is 0 Å². The summed E-state index contributed by atoms with van der Waals surface area (Å²) in [4.78, 5) is 8.69. The molecule has 0 aliphatic carbocycles. The first kappa shape index (κ1) is 12.3. The third-order valence-corrected chi connectivity index (χ3v) is 2.93. The van der Waals surface area contributed by atoms with Crippen molar-refractivity contribution < 1.29 is 4.74 Å². The zero-order valence-corrected chi connectivity index (χ0v) is 11.4. The standard InChI is InChI=1S/C11H15BrN4O/c1-3-8(7-17-2)14-10-11-13-4-5-16(11)6-9(12)15-10/h4-6,8H,3,7H2,1-2H3,(H,14,15). The Morgan fingerprint density at radius 2 is 2.41 bits per heavy atom. The lowest BCUT2D eigenvalue weighted by atomic mass is 10.2. The fourth-order valence-corrected chi connectivity index (χ4v) is 2.05. The summed E-state index contributed by atoms with van der Waals surface area (Å²) < 4.78 is 7.87. The van der Waals surface area contributed by atoms with E-state index in [1.54, 1.807) is 13.3 Å². The molecule has 2 aromatic heterocycles. The predicted octanol–water partition coefficient (Wildman–Crippen LogP) is 2.33. The number of rotatable bonds is 5. The molecule has 0 aromatic carbocycles. The highest BCUT2D eigenvalue weighted by molar-refractivity contribution is 9.10. The number of fused-ring (bicyclic) bond motifs is 1. The summed E-state index contributed by atoms with van der Waals surface area (Å²) in [7, 11) is 1.70. The van der Waals surface area contributed by atoms with E-state index in [1.807, 2.05) is 16.8 Å². The van der Waals surface area contributed by atoms with Gasteiger partial charge in [0.1, 0.15) is 4.60 Å². The van der Waals surface area contributed by atoms with Crippen LogP contribution in [0.5, 0.6) is 0 Å². The minimum Gasteiger partial charge on any atom is -0.383 e. The number of halogens is 1. The van der Waals surface area contributed by atoms with Gasteiger partial charge in [0.2, 0.25) is 0 Å². The van der Waals surface area contributed by atoms with Crippen LogP contribution in [0.1, 0.15) is 13.3 Å². The Bertz CT molecular complexity index is 499. The average molecular weight is 299 g/mol. The molecule has 2 aromatic rings. The molecule has 0 fully saturated rings. The van der Waals surface area contributed by atoms with Crippen LogP contribution in [0.2, 0.25) is 0 Å². The number of aromatic nitrogens is 3. The third kappa shape index (κ3) is 2.76. The van der Waals surface area contributed by atoms with Gasteiger partial charge in [0.05, 0.1) is 12.6 Å². The minimum atomic E-state index is 0.238. The quantitative estimate of drug-likeness (QED) is 0.920. The number of ether oxygens (including phenoxy) is 1. The van der Waals surface area contributed by atoms with E-state index in [0.29, 0.717) is 6.61 Å². The first-order valence-electron chi connectivity index (χ1n) is 5.49. The highest BCUT2D eigenvalue weighted by atomic mass is 79.9. The molecule has 0 radical (unpaired) electrons. The van der Waals surface area contributed by atoms with Crippen LogP contribution in [0.4, 0.5) is 5.82 Å². The molecule has 92 valence electrons. The largest absolute Gasteiger partial charge is 0.383 e. The van der Waals surface area contributed by atoms with Crippen LogP contribution >= 0.6 is 15.9 Å². The SMILES string of the molecule is CCC(COC)Nc1nc(Br)cn2ccnc12. The van der Waals surface area contributed by atoms with Crippen LogP contribution in [0.25, 0.3) is 5.65 Å². The first-order valence-corrected chi connectivity index (χ1v) is 6.28. The summed E-state index contributed by atoms with van der Waals surface area (Å²) >= 11 is 3.39. The van der Waals surface area contributed by atoms with Crippen molar-refractivity contribution in [2.75, 3.05) is 19.0 Å². The Morgan fingerprint density at radius 3 is 3.12 bits per heavy atom. The molecule has 17 heavy (non-hydrogen) atoms. The molecule has 0 aliphatic rings. The normalized spacial score (nSPS) is 12.9. The number of anilines is 1. The second-order valence-corrected chi connectivity index (χ2v) is 4.59. The Balaban J connectivity index is 2.30. The lowest BCUT2D eigenvalue weighted by Gasteiger charge is -2.17. The zero-order valence-electron chi connectivity index (χ0n) is 9.85. The Morgan fingerprint density at radius 1 is 1.59 bits per heavy atom. The van der Waals surface area contributed by atoms with Gasteiger partial charge in [0.15, 0.2) is 11.5 Å². The Kier molecular flexibility index (Phi) is 3.96. The maximum absolute atomic E-state index is 5.16. The monoisotopic (exact) mass is 298 g/mol. The number of hydrogen-bond acceptors (Lipinski definition) is 4. The van der Waals surface area contributed by atoms with Gasteiger partial charge in [-0.15, -0.1) is 0 Å². The summed E-state index contributed by atoms with van der Waals surface area (Å²) in [6, 6.07) is 0.238. The Labute approximate surface area is 108 Å². The summed E-state index contributed by atoms with van der Waals surface area (Å²) in [6.07, 6.45) is 6.50. The molecule has 0 bridgehead atoms. The van der Waals surface area contributed by atoms with E-state index in [4.69, 9.17) is 4.74 Å². The fourth-order valence-electron chi connectivity index (χ4n) is 1.65. The fraction of sp³-hybridized carbons (Fsp3) is 0.455. The molecule has 0 amide bonds. The maximum Gasteiger partial charge on any atom is 0.180 e. The molecular weight excluding hydrogens is 284 g/mol. The van der Waals surface area contributed by atoms with E-state index in [9.17, 15) is 0 Å². The average Bonchev–Trinajstić information content (AvgIpc) is 2.76. The molecule has 1 atom stereocenters. The number of nitrogens with one attached hydrogen (secondary N) is 1. The molecule has 1 N–H and O–H groups in total. The van der Waals surface area contributed by atoms with Crippen molar-refractivity contribution in [3.8, 4) is 0 Å². The van der Waals surface area contributed by atoms with Gasteiger partial charge in [-0.3, -0.25) is 0 Å². The number of imidazole rings is 1. The van der Waals surface area contributed by atoms with Crippen molar-refractivity contribution in [1.29, 1.82) is 0 Å². The second kappa shape index (κ2) is 5.46. The van der Waals surface area contributed by atoms with Crippen molar-refractivity contribution in [3.63, 3.8) is 0 Å². The van der Waals surface area contributed by atoms with Gasteiger partial charge in [0, 0.05) is 25.7 Å². The van der Waals surface area contributed by atoms with Crippen molar-refractivity contribution in [1.82, 2.24) is 14.4 Å². The maximum atomic E-state index is 5.16. The van der Waals surface area contributed by atoms with E-state index in [2.05, 4.69) is 38.1 Å². The van der Waals surface area contributed by atoms with Crippen molar-refractivity contribution in [3.05, 3.63) is 23.2 Å². The smallest absolute Gasteiger partial charge is 0.180 e. The Hall–Kier alpha value is -1.14. The summed E-state index contributed by atoms with van der Waals surface area (Å²) in [5.74, 6) is 0.772. The predicted molar refractivity (Wildman–Crippen MR) is 70.3 cm³/mol. The topological polar surface area (TPSA) is 51.5 Å². The van der Waals surface area contributed by atoms with Gasteiger partial charge in [-0.25, -0.2) is 9.97 Å². The van der Waals surface area contributed by atoms with Crippen molar-refractivity contribution >= 4 is 27.4 Å². The molecule has 0 saturated heterocycles. The molecule has 2 heterocycles. The van der Waals surface area contributed by atoms with Crippen LogP contribution in [0.15, 0.2) is 23.2 Å². The van der Waals surface area contributed by atoms with Crippen LogP contribution in [-0.2, 0) is 4.74 Å². The van der Waals surface area contributed by atoms with Gasteiger partial charge >= 0.3 is 0 Å². The molecule has 2 rings (SSSR count). The van der Waals surface area contributed by atoms with Gasteiger partial charge in [-0.1, -0.05) is 6.92 Å². The van der Waals surface area contributed by atoms with E-state index < -0.39 is 0 Å². The molecule has 0 saturated carbocycles. The minimum absolute atomic E-state index is 0.238. The van der Waals surface area contributed by atoms with Crippen LogP contribution in [-0.4, -0.2) is 34.1 Å². The first-order chi connectivity index (χ1) is 8.24. The molecule has 0 aliphatic heterocycles. The second-order valence-electron chi connectivity index (χ2n) is 3.78. The van der Waals surface area contributed by atoms with Gasteiger partial charge in [0.25, 0.3) is 0 Å². The highest BCUT2D eigenvalue weighted by Crippen LogP contribution is 2.18. The van der Waals surface area contributed by atoms with E-state index in [-0.39, 0.29) is 6.04 Å². The van der Waals surface area contributed by atoms with Crippen molar-refractivity contribution in [2.24, 2.45) is 0 Å². The number of methoxy groups -OCH3 is 1. The van der Waals surface area contributed by atoms with Crippen molar-refractivity contribution in [2.45, 2.75) is 19.4 Å². The van der Waals surface area contributed by atoms with E-state index in [0.717, 1.165) is 22.5 Å². The lowest BCUT2D eigenvalue weighted by molar-refractivity contribution is 0.184. The van der Waals surface area contributed by atoms with Crippen LogP contribution in [0.3, 0.4) is 0 Å². The molecule has 6 heteroatoms.